The first-order valence-electron chi connectivity index (χ1n) is 5.46. The summed E-state index contributed by atoms with van der Waals surface area (Å²) in [7, 11) is 0. The van der Waals surface area contributed by atoms with Gasteiger partial charge in [-0.3, -0.25) is 0 Å². The molecule has 0 aromatic rings. The van der Waals surface area contributed by atoms with E-state index in [4.69, 9.17) is 4.74 Å². The highest BCUT2D eigenvalue weighted by Gasteiger charge is 2.21. The predicted octanol–water partition coefficient (Wildman–Crippen LogP) is 2.21. The largest absolute Gasteiger partial charge is 0.393 e. The molecule has 0 aromatic carbocycles. The molecule has 1 saturated heterocycles. The lowest BCUT2D eigenvalue weighted by molar-refractivity contribution is 0.00317. The summed E-state index contributed by atoms with van der Waals surface area (Å²) in [6, 6.07) is 0. The zero-order chi connectivity index (χ0) is 9.68. The van der Waals surface area contributed by atoms with E-state index in [2.05, 4.69) is 13.8 Å². The van der Waals surface area contributed by atoms with Gasteiger partial charge in [-0.1, -0.05) is 13.8 Å². The highest BCUT2D eigenvalue weighted by atomic mass is 16.5. The third kappa shape index (κ3) is 4.10. The molecule has 0 aliphatic carbocycles. The van der Waals surface area contributed by atoms with Crippen molar-refractivity contribution in [1.82, 2.24) is 0 Å². The van der Waals surface area contributed by atoms with E-state index in [-0.39, 0.29) is 6.10 Å². The van der Waals surface area contributed by atoms with E-state index in [0.717, 1.165) is 38.9 Å². The molecule has 1 N–H and O–H groups in total. The Morgan fingerprint density at radius 2 is 1.85 bits per heavy atom. The highest BCUT2D eigenvalue weighted by molar-refractivity contribution is 4.72. The van der Waals surface area contributed by atoms with Gasteiger partial charge in [0.15, 0.2) is 0 Å². The van der Waals surface area contributed by atoms with Gasteiger partial charge in [-0.05, 0) is 37.5 Å². The lowest BCUT2D eigenvalue weighted by atomic mass is 9.89. The van der Waals surface area contributed by atoms with Crippen LogP contribution in [0.2, 0.25) is 0 Å². The second-order valence-electron chi connectivity index (χ2n) is 4.49. The summed E-state index contributed by atoms with van der Waals surface area (Å²) in [5.41, 5.74) is 0. The maximum Gasteiger partial charge on any atom is 0.0570 e. The van der Waals surface area contributed by atoms with Gasteiger partial charge in [0.05, 0.1) is 6.10 Å². The Morgan fingerprint density at radius 3 is 2.38 bits per heavy atom. The first-order chi connectivity index (χ1) is 6.20. The molecule has 0 amide bonds. The molecular weight excluding hydrogens is 164 g/mol. The quantitative estimate of drug-likeness (QED) is 0.729. The van der Waals surface area contributed by atoms with Crippen LogP contribution in [-0.2, 0) is 4.74 Å². The molecule has 1 rings (SSSR count). The van der Waals surface area contributed by atoms with Gasteiger partial charge >= 0.3 is 0 Å². The van der Waals surface area contributed by atoms with Gasteiger partial charge in [0.2, 0.25) is 0 Å². The van der Waals surface area contributed by atoms with Gasteiger partial charge in [0.25, 0.3) is 0 Å². The Hall–Kier alpha value is -0.0800. The predicted molar refractivity (Wildman–Crippen MR) is 53.6 cm³/mol. The molecule has 0 spiro atoms. The van der Waals surface area contributed by atoms with E-state index in [1.54, 1.807) is 0 Å². The molecule has 78 valence electrons. The minimum Gasteiger partial charge on any atom is -0.393 e. The van der Waals surface area contributed by atoms with Crippen LogP contribution in [0.5, 0.6) is 0 Å². The normalized spacial score (nSPS) is 22.2. The summed E-state index contributed by atoms with van der Waals surface area (Å²) in [6.07, 6.45) is 4.09. The van der Waals surface area contributed by atoms with Crippen LogP contribution in [0.1, 0.15) is 39.5 Å². The minimum absolute atomic E-state index is 0.0914. The average Bonchev–Trinajstić information content (AvgIpc) is 2.15. The van der Waals surface area contributed by atoms with Gasteiger partial charge in [0.1, 0.15) is 0 Å². The number of ether oxygens (including phenoxy) is 1. The third-order valence-electron chi connectivity index (χ3n) is 2.85. The van der Waals surface area contributed by atoms with Gasteiger partial charge in [0, 0.05) is 13.2 Å². The standard InChI is InChI=1S/C11H22O2/c1-9(2)3-4-11(12)10-5-7-13-8-6-10/h9-12H,3-8H2,1-2H3. The summed E-state index contributed by atoms with van der Waals surface area (Å²) in [6.45, 7) is 6.08. The van der Waals surface area contributed by atoms with E-state index < -0.39 is 0 Å². The molecule has 1 unspecified atom stereocenters. The fourth-order valence-corrected chi connectivity index (χ4v) is 1.84. The molecule has 1 fully saturated rings. The summed E-state index contributed by atoms with van der Waals surface area (Å²) < 4.78 is 5.26. The van der Waals surface area contributed by atoms with E-state index >= 15 is 0 Å². The van der Waals surface area contributed by atoms with Crippen molar-refractivity contribution >= 4 is 0 Å². The summed E-state index contributed by atoms with van der Waals surface area (Å²) in [4.78, 5) is 0. The molecular formula is C11H22O2. The topological polar surface area (TPSA) is 29.5 Å². The SMILES string of the molecule is CC(C)CCC(O)C1CCOCC1. The Labute approximate surface area is 81.3 Å². The fourth-order valence-electron chi connectivity index (χ4n) is 1.84. The van der Waals surface area contributed by atoms with E-state index in [9.17, 15) is 5.11 Å². The van der Waals surface area contributed by atoms with Crippen molar-refractivity contribution in [3.63, 3.8) is 0 Å². The molecule has 0 radical (unpaired) electrons. The van der Waals surface area contributed by atoms with Crippen molar-refractivity contribution in [1.29, 1.82) is 0 Å². The Kier molecular flexibility index (Phi) is 4.74. The minimum atomic E-state index is -0.0914. The molecule has 1 atom stereocenters. The molecule has 13 heavy (non-hydrogen) atoms. The molecule has 2 heteroatoms. The fraction of sp³-hybridized carbons (Fsp3) is 1.00. The molecule has 0 bridgehead atoms. The average molecular weight is 186 g/mol. The number of aliphatic hydroxyl groups is 1. The van der Waals surface area contributed by atoms with Crippen molar-refractivity contribution in [2.75, 3.05) is 13.2 Å². The molecule has 0 aromatic heterocycles. The van der Waals surface area contributed by atoms with Crippen molar-refractivity contribution in [2.45, 2.75) is 45.6 Å². The summed E-state index contributed by atoms with van der Waals surface area (Å²) in [5.74, 6) is 1.20. The maximum absolute atomic E-state index is 9.87. The zero-order valence-electron chi connectivity index (χ0n) is 8.83. The first kappa shape index (κ1) is 11.0. The molecule has 0 saturated carbocycles. The zero-order valence-corrected chi connectivity index (χ0v) is 8.83. The van der Waals surface area contributed by atoms with E-state index in [1.807, 2.05) is 0 Å². The monoisotopic (exact) mass is 186 g/mol. The number of rotatable bonds is 4. The summed E-state index contributed by atoms with van der Waals surface area (Å²) in [5, 5.41) is 9.87. The number of aliphatic hydroxyl groups excluding tert-OH is 1. The van der Waals surface area contributed by atoms with Crippen LogP contribution in [0, 0.1) is 11.8 Å². The smallest absolute Gasteiger partial charge is 0.0570 e. The van der Waals surface area contributed by atoms with Crippen molar-refractivity contribution in [2.24, 2.45) is 11.8 Å². The van der Waals surface area contributed by atoms with Crippen LogP contribution < -0.4 is 0 Å². The van der Waals surface area contributed by atoms with Gasteiger partial charge in [-0.15, -0.1) is 0 Å². The van der Waals surface area contributed by atoms with Crippen molar-refractivity contribution in [3.05, 3.63) is 0 Å². The van der Waals surface area contributed by atoms with Crippen LogP contribution >= 0.6 is 0 Å². The lowest BCUT2D eigenvalue weighted by Gasteiger charge is -2.27. The van der Waals surface area contributed by atoms with Gasteiger partial charge in [-0.25, -0.2) is 0 Å². The Balaban J connectivity index is 2.17. The Bertz CT molecular complexity index is 128. The molecule has 2 nitrogen and oxygen atoms in total. The van der Waals surface area contributed by atoms with Crippen LogP contribution in [0.25, 0.3) is 0 Å². The Morgan fingerprint density at radius 1 is 1.23 bits per heavy atom. The summed E-state index contributed by atoms with van der Waals surface area (Å²) >= 11 is 0. The number of hydrogen-bond donors (Lipinski definition) is 1. The van der Waals surface area contributed by atoms with Crippen LogP contribution in [-0.4, -0.2) is 24.4 Å². The second kappa shape index (κ2) is 5.61. The van der Waals surface area contributed by atoms with E-state index in [0.29, 0.717) is 11.8 Å². The van der Waals surface area contributed by atoms with Crippen LogP contribution in [0.3, 0.4) is 0 Å². The third-order valence-corrected chi connectivity index (χ3v) is 2.85. The van der Waals surface area contributed by atoms with Crippen LogP contribution in [0.4, 0.5) is 0 Å². The highest BCUT2D eigenvalue weighted by Crippen LogP contribution is 2.22. The van der Waals surface area contributed by atoms with Gasteiger partial charge in [-0.2, -0.15) is 0 Å². The second-order valence-corrected chi connectivity index (χ2v) is 4.49. The van der Waals surface area contributed by atoms with Crippen molar-refractivity contribution in [3.8, 4) is 0 Å². The van der Waals surface area contributed by atoms with E-state index in [1.165, 1.54) is 0 Å². The van der Waals surface area contributed by atoms with Crippen molar-refractivity contribution < 1.29 is 9.84 Å². The number of hydrogen-bond acceptors (Lipinski definition) is 2. The molecule has 1 heterocycles. The lowest BCUT2D eigenvalue weighted by Crippen LogP contribution is -2.27. The first-order valence-corrected chi connectivity index (χ1v) is 5.46. The molecule has 1 aliphatic heterocycles. The molecule has 1 aliphatic rings. The van der Waals surface area contributed by atoms with Gasteiger partial charge < -0.3 is 9.84 Å². The maximum atomic E-state index is 9.87. The van der Waals surface area contributed by atoms with Crippen LogP contribution in [0.15, 0.2) is 0 Å².